The third-order valence-corrected chi connectivity index (χ3v) is 3.00. The first kappa shape index (κ1) is 15.6. The first-order valence-corrected chi connectivity index (χ1v) is 6.85. The van der Waals surface area contributed by atoms with Crippen molar-refractivity contribution in [2.45, 2.75) is 6.92 Å². The Labute approximate surface area is 128 Å². The minimum atomic E-state index is -0.543. The Morgan fingerprint density at radius 2 is 1.50 bits per heavy atom. The summed E-state index contributed by atoms with van der Waals surface area (Å²) in [5.41, 5.74) is 2.21. The van der Waals surface area contributed by atoms with Crippen molar-refractivity contribution < 1.29 is 18.7 Å². The van der Waals surface area contributed by atoms with Crippen LogP contribution in [-0.4, -0.2) is 18.4 Å². The molecule has 3 nitrogen and oxygen atoms in total. The van der Waals surface area contributed by atoms with Gasteiger partial charge in [0.2, 0.25) is 0 Å². The van der Waals surface area contributed by atoms with Gasteiger partial charge < -0.3 is 4.74 Å². The van der Waals surface area contributed by atoms with Gasteiger partial charge in [-0.3, -0.25) is 4.79 Å². The molecule has 0 aliphatic rings. The van der Waals surface area contributed by atoms with Gasteiger partial charge in [0, 0.05) is 11.6 Å². The third kappa shape index (κ3) is 4.12. The zero-order valence-electron chi connectivity index (χ0n) is 12.1. The number of hydrogen-bond donors (Lipinski definition) is 0. The molecule has 22 heavy (non-hydrogen) atoms. The number of benzene rings is 2. The number of allylic oxidation sites excluding steroid dienone is 1. The van der Waals surface area contributed by atoms with Gasteiger partial charge in [-0.2, -0.15) is 0 Å². The molecule has 0 saturated carbocycles. The van der Waals surface area contributed by atoms with Crippen molar-refractivity contribution in [2.75, 3.05) is 6.61 Å². The predicted octanol–water partition coefficient (Wildman–Crippen LogP) is 3.79. The normalized spacial score (nSPS) is 10.6. The number of rotatable bonds is 5. The molecular formula is C18H15FO3. The van der Waals surface area contributed by atoms with Crippen LogP contribution in [0.25, 0.3) is 11.1 Å². The molecule has 0 fully saturated rings. The maximum absolute atomic E-state index is 12.9. The average Bonchev–Trinajstić information content (AvgIpc) is 2.54. The molecule has 0 aliphatic heterocycles. The second-order valence-corrected chi connectivity index (χ2v) is 4.53. The van der Waals surface area contributed by atoms with Gasteiger partial charge >= 0.3 is 5.97 Å². The molecular weight excluding hydrogens is 283 g/mol. The Morgan fingerprint density at radius 3 is 2.05 bits per heavy atom. The van der Waals surface area contributed by atoms with Gasteiger partial charge in [-0.1, -0.05) is 36.4 Å². The zero-order valence-corrected chi connectivity index (χ0v) is 12.1. The van der Waals surface area contributed by atoms with Crippen LogP contribution in [0, 0.1) is 5.82 Å². The van der Waals surface area contributed by atoms with Crippen molar-refractivity contribution in [2.24, 2.45) is 0 Å². The van der Waals surface area contributed by atoms with E-state index in [-0.39, 0.29) is 18.2 Å². The minimum absolute atomic E-state index is 0.268. The molecule has 2 rings (SSSR count). The van der Waals surface area contributed by atoms with E-state index in [4.69, 9.17) is 4.74 Å². The summed E-state index contributed by atoms with van der Waals surface area (Å²) in [6.45, 7) is 1.96. The van der Waals surface area contributed by atoms with E-state index in [2.05, 4.69) is 0 Å². The van der Waals surface area contributed by atoms with Crippen molar-refractivity contribution >= 4 is 11.8 Å². The molecule has 0 bridgehead atoms. The van der Waals surface area contributed by atoms with E-state index in [1.54, 1.807) is 43.3 Å². The summed E-state index contributed by atoms with van der Waals surface area (Å²) in [6.07, 6.45) is 2.30. The molecule has 2 aromatic rings. The summed E-state index contributed by atoms with van der Waals surface area (Å²) in [4.78, 5) is 23.1. The van der Waals surface area contributed by atoms with Crippen LogP contribution in [0.15, 0.2) is 60.7 Å². The van der Waals surface area contributed by atoms with E-state index in [1.165, 1.54) is 18.2 Å². The highest BCUT2D eigenvalue weighted by Crippen LogP contribution is 2.20. The number of halogens is 1. The number of esters is 1. The van der Waals surface area contributed by atoms with Crippen LogP contribution in [0.2, 0.25) is 0 Å². The summed E-state index contributed by atoms with van der Waals surface area (Å²) >= 11 is 0. The summed E-state index contributed by atoms with van der Waals surface area (Å²) < 4.78 is 17.6. The maximum atomic E-state index is 12.9. The number of carbonyl (C=O) groups is 2. The van der Waals surface area contributed by atoms with Gasteiger partial charge in [0.05, 0.1) is 6.61 Å². The van der Waals surface area contributed by atoms with Gasteiger partial charge in [-0.15, -0.1) is 0 Å². The highest BCUT2D eigenvalue weighted by Gasteiger charge is 2.04. The molecule has 0 heterocycles. The fourth-order valence-corrected chi connectivity index (χ4v) is 1.90. The summed E-state index contributed by atoms with van der Waals surface area (Å²) in [5, 5.41) is 0. The highest BCUT2D eigenvalue weighted by molar-refractivity contribution is 6.07. The number of carbonyl (C=O) groups excluding carboxylic acids is 2. The summed E-state index contributed by atoms with van der Waals surface area (Å²) in [6, 6.07) is 13.0. The summed E-state index contributed by atoms with van der Waals surface area (Å²) in [7, 11) is 0. The van der Waals surface area contributed by atoms with Crippen molar-refractivity contribution in [3.63, 3.8) is 0 Å². The quantitative estimate of drug-likeness (QED) is 0.479. The minimum Gasteiger partial charge on any atom is -0.463 e. The molecule has 4 heteroatoms. The topological polar surface area (TPSA) is 43.4 Å². The Bertz CT molecular complexity index is 685. The molecule has 0 amide bonds. The molecule has 0 N–H and O–H groups in total. The van der Waals surface area contributed by atoms with E-state index >= 15 is 0 Å². The van der Waals surface area contributed by atoms with Crippen molar-refractivity contribution in [1.29, 1.82) is 0 Å². The maximum Gasteiger partial charge on any atom is 0.330 e. The molecule has 0 aromatic heterocycles. The Balaban J connectivity index is 2.10. The van der Waals surface area contributed by atoms with E-state index in [0.717, 1.165) is 17.2 Å². The zero-order chi connectivity index (χ0) is 15.9. The van der Waals surface area contributed by atoms with Gasteiger partial charge in [-0.25, -0.2) is 9.18 Å². The fraction of sp³-hybridized carbons (Fsp3) is 0.111. The molecule has 0 atom stereocenters. The highest BCUT2D eigenvalue weighted by atomic mass is 19.1. The smallest absolute Gasteiger partial charge is 0.330 e. The molecule has 0 unspecified atom stereocenters. The number of ether oxygens (including phenoxy) is 1. The summed E-state index contributed by atoms with van der Waals surface area (Å²) in [5.74, 6) is -1.11. The van der Waals surface area contributed by atoms with Gasteiger partial charge in [0.25, 0.3) is 0 Å². The van der Waals surface area contributed by atoms with Crippen LogP contribution in [-0.2, 0) is 9.53 Å². The van der Waals surface area contributed by atoms with Crippen molar-refractivity contribution in [3.05, 3.63) is 72.1 Å². The van der Waals surface area contributed by atoms with Crippen LogP contribution in [0.1, 0.15) is 17.3 Å². The molecule has 2 aromatic carbocycles. The van der Waals surface area contributed by atoms with Gasteiger partial charge in [0.1, 0.15) is 5.82 Å². The lowest BCUT2D eigenvalue weighted by Crippen LogP contribution is -2.01. The number of ketones is 1. The van der Waals surface area contributed by atoms with Crippen molar-refractivity contribution in [3.8, 4) is 11.1 Å². The van der Waals surface area contributed by atoms with Crippen LogP contribution < -0.4 is 0 Å². The Kier molecular flexibility index (Phi) is 5.20. The molecule has 0 radical (unpaired) electrons. The van der Waals surface area contributed by atoms with Crippen molar-refractivity contribution in [1.82, 2.24) is 0 Å². The van der Waals surface area contributed by atoms with Crippen LogP contribution in [0.5, 0.6) is 0 Å². The molecule has 0 aliphatic carbocycles. The number of hydrogen-bond acceptors (Lipinski definition) is 3. The van der Waals surface area contributed by atoms with Crippen LogP contribution >= 0.6 is 0 Å². The van der Waals surface area contributed by atoms with E-state index in [1.807, 2.05) is 0 Å². The monoisotopic (exact) mass is 298 g/mol. The standard InChI is InChI=1S/C18H15FO3/c1-2-22-18(21)12-11-17(20)15-5-3-13(4-6-15)14-7-9-16(19)10-8-14/h3-12H,2H2,1H3/b12-11+. The van der Waals surface area contributed by atoms with Crippen LogP contribution in [0.3, 0.4) is 0 Å². The first-order valence-electron chi connectivity index (χ1n) is 6.85. The molecule has 112 valence electrons. The third-order valence-electron chi connectivity index (χ3n) is 3.00. The van der Waals surface area contributed by atoms with E-state index in [9.17, 15) is 14.0 Å². The van der Waals surface area contributed by atoms with E-state index in [0.29, 0.717) is 5.56 Å². The van der Waals surface area contributed by atoms with E-state index < -0.39 is 5.97 Å². The largest absolute Gasteiger partial charge is 0.463 e. The fourth-order valence-electron chi connectivity index (χ4n) is 1.90. The predicted molar refractivity (Wildman–Crippen MR) is 81.9 cm³/mol. The van der Waals surface area contributed by atoms with Gasteiger partial charge in [-0.05, 0) is 36.3 Å². The Hall–Kier alpha value is -2.75. The molecule has 0 saturated heterocycles. The lowest BCUT2D eigenvalue weighted by Gasteiger charge is -2.03. The lowest BCUT2D eigenvalue weighted by atomic mass is 10.0. The second-order valence-electron chi connectivity index (χ2n) is 4.53. The van der Waals surface area contributed by atoms with Crippen LogP contribution in [0.4, 0.5) is 4.39 Å². The van der Waals surface area contributed by atoms with Gasteiger partial charge in [0.15, 0.2) is 5.78 Å². The molecule has 0 spiro atoms. The lowest BCUT2D eigenvalue weighted by molar-refractivity contribution is -0.137. The second kappa shape index (κ2) is 7.31. The Morgan fingerprint density at radius 1 is 0.955 bits per heavy atom. The SMILES string of the molecule is CCOC(=O)/C=C/C(=O)c1ccc(-c2ccc(F)cc2)cc1. The first-order chi connectivity index (χ1) is 10.6. The average molecular weight is 298 g/mol.